The van der Waals surface area contributed by atoms with Crippen LogP contribution in [0.3, 0.4) is 0 Å². The summed E-state index contributed by atoms with van der Waals surface area (Å²) in [5.41, 5.74) is 1.23. The first-order valence-corrected chi connectivity index (χ1v) is 6.22. The highest BCUT2D eigenvalue weighted by Gasteiger charge is 2.17. The van der Waals surface area contributed by atoms with Crippen LogP contribution in [0.2, 0.25) is 5.02 Å². The van der Waals surface area contributed by atoms with Gasteiger partial charge in [-0.25, -0.2) is 0 Å². The van der Waals surface area contributed by atoms with Crippen molar-refractivity contribution in [1.82, 2.24) is 5.32 Å². The molecule has 1 fully saturated rings. The number of hydrogen-bond donors (Lipinski definition) is 1. The average molecular weight is 240 g/mol. The Kier molecular flexibility index (Phi) is 4.22. The van der Waals surface area contributed by atoms with Gasteiger partial charge in [-0.1, -0.05) is 29.8 Å². The van der Waals surface area contributed by atoms with Crippen LogP contribution in [-0.4, -0.2) is 25.3 Å². The lowest BCUT2D eigenvalue weighted by molar-refractivity contribution is 0.0136. The molecule has 1 aliphatic heterocycles. The van der Waals surface area contributed by atoms with Crippen LogP contribution >= 0.6 is 11.6 Å². The summed E-state index contributed by atoms with van der Waals surface area (Å²) in [6, 6.07) is 8.51. The normalized spacial score (nSPS) is 25.6. The fourth-order valence-corrected chi connectivity index (χ4v) is 2.18. The second-order valence-corrected chi connectivity index (χ2v) is 4.79. The highest BCUT2D eigenvalue weighted by molar-refractivity contribution is 6.31. The molecule has 3 heteroatoms. The molecule has 2 atom stereocenters. The molecule has 1 N–H and O–H groups in total. The van der Waals surface area contributed by atoms with Crippen molar-refractivity contribution >= 4 is 11.6 Å². The van der Waals surface area contributed by atoms with Gasteiger partial charge in [0.25, 0.3) is 0 Å². The third kappa shape index (κ3) is 3.21. The van der Waals surface area contributed by atoms with E-state index >= 15 is 0 Å². The van der Waals surface area contributed by atoms with Crippen molar-refractivity contribution < 1.29 is 4.74 Å². The minimum absolute atomic E-state index is 0.344. The number of nitrogens with one attached hydrogen (secondary N) is 1. The summed E-state index contributed by atoms with van der Waals surface area (Å²) in [6.07, 6.45) is 2.43. The van der Waals surface area contributed by atoms with Crippen molar-refractivity contribution in [2.45, 2.75) is 31.9 Å². The van der Waals surface area contributed by atoms with Gasteiger partial charge in [0.2, 0.25) is 0 Å². The van der Waals surface area contributed by atoms with Gasteiger partial charge in [-0.15, -0.1) is 0 Å². The molecule has 1 aromatic rings. The Morgan fingerprint density at radius 1 is 1.44 bits per heavy atom. The van der Waals surface area contributed by atoms with Crippen molar-refractivity contribution in [1.29, 1.82) is 0 Å². The summed E-state index contributed by atoms with van der Waals surface area (Å²) in [5.74, 6) is 0. The fraction of sp³-hybridized carbons (Fsp3) is 0.538. The van der Waals surface area contributed by atoms with Gasteiger partial charge >= 0.3 is 0 Å². The zero-order valence-electron chi connectivity index (χ0n) is 9.58. The molecule has 0 spiro atoms. The standard InChI is InChI=1S/C13H18ClNO/c1-10-8-15-12(9-16-10)7-6-11-4-2-3-5-13(11)14/h2-5,10,12,15H,6-9H2,1H3. The van der Waals surface area contributed by atoms with E-state index in [-0.39, 0.29) is 0 Å². The quantitative estimate of drug-likeness (QED) is 0.876. The van der Waals surface area contributed by atoms with Crippen molar-refractivity contribution in [3.63, 3.8) is 0 Å². The second kappa shape index (κ2) is 5.67. The Hall–Kier alpha value is -0.570. The first kappa shape index (κ1) is 11.9. The van der Waals surface area contributed by atoms with E-state index in [4.69, 9.17) is 16.3 Å². The van der Waals surface area contributed by atoms with Gasteiger partial charge in [-0.3, -0.25) is 0 Å². The van der Waals surface area contributed by atoms with E-state index in [2.05, 4.69) is 18.3 Å². The molecular formula is C13H18ClNO. The zero-order valence-corrected chi connectivity index (χ0v) is 10.3. The van der Waals surface area contributed by atoms with Crippen LogP contribution in [-0.2, 0) is 11.2 Å². The molecule has 16 heavy (non-hydrogen) atoms. The molecule has 0 radical (unpaired) electrons. The number of ether oxygens (including phenoxy) is 1. The molecule has 0 amide bonds. The summed E-state index contributed by atoms with van der Waals surface area (Å²) < 4.78 is 5.61. The fourth-order valence-electron chi connectivity index (χ4n) is 1.95. The Bertz CT molecular complexity index is 334. The second-order valence-electron chi connectivity index (χ2n) is 4.38. The summed E-state index contributed by atoms with van der Waals surface area (Å²) in [7, 11) is 0. The maximum atomic E-state index is 6.11. The molecule has 0 aliphatic carbocycles. The van der Waals surface area contributed by atoms with Crippen LogP contribution in [0.5, 0.6) is 0 Å². The molecule has 1 aliphatic rings. The van der Waals surface area contributed by atoms with E-state index in [0.29, 0.717) is 12.1 Å². The lowest BCUT2D eigenvalue weighted by atomic mass is 10.0. The first-order valence-electron chi connectivity index (χ1n) is 5.84. The van der Waals surface area contributed by atoms with Gasteiger partial charge in [0, 0.05) is 17.6 Å². The lowest BCUT2D eigenvalue weighted by Gasteiger charge is -2.28. The van der Waals surface area contributed by atoms with Gasteiger partial charge < -0.3 is 10.1 Å². The predicted octanol–water partition coefficient (Wildman–Crippen LogP) is 2.65. The molecular weight excluding hydrogens is 222 g/mol. The Labute approximate surface area is 102 Å². The number of halogens is 1. The smallest absolute Gasteiger partial charge is 0.0672 e. The van der Waals surface area contributed by atoms with E-state index < -0.39 is 0 Å². The molecule has 1 saturated heterocycles. The predicted molar refractivity (Wildman–Crippen MR) is 67.0 cm³/mol. The highest BCUT2D eigenvalue weighted by atomic mass is 35.5. The topological polar surface area (TPSA) is 21.3 Å². The summed E-state index contributed by atoms with van der Waals surface area (Å²) in [6.45, 7) is 3.86. The van der Waals surface area contributed by atoms with Gasteiger partial charge in [0.1, 0.15) is 0 Å². The third-order valence-electron chi connectivity index (χ3n) is 3.00. The minimum atomic E-state index is 0.344. The highest BCUT2D eigenvalue weighted by Crippen LogP contribution is 2.17. The minimum Gasteiger partial charge on any atom is -0.376 e. The number of benzene rings is 1. The number of aryl methyl sites for hydroxylation is 1. The Morgan fingerprint density at radius 3 is 2.94 bits per heavy atom. The van der Waals surface area contributed by atoms with E-state index in [0.717, 1.165) is 31.0 Å². The summed E-state index contributed by atoms with van der Waals surface area (Å²) >= 11 is 6.11. The zero-order chi connectivity index (χ0) is 11.4. The Balaban J connectivity index is 1.81. The van der Waals surface area contributed by atoms with Crippen molar-refractivity contribution in [3.05, 3.63) is 34.9 Å². The molecule has 2 nitrogen and oxygen atoms in total. The van der Waals surface area contributed by atoms with Crippen molar-refractivity contribution in [3.8, 4) is 0 Å². The van der Waals surface area contributed by atoms with Gasteiger partial charge in [-0.2, -0.15) is 0 Å². The maximum Gasteiger partial charge on any atom is 0.0672 e. The summed E-state index contributed by atoms with van der Waals surface area (Å²) in [5, 5.41) is 4.36. The number of rotatable bonds is 3. The molecule has 1 heterocycles. The van der Waals surface area contributed by atoms with Crippen LogP contribution in [0.4, 0.5) is 0 Å². The SMILES string of the molecule is CC1CNC(CCc2ccccc2Cl)CO1. The third-order valence-corrected chi connectivity index (χ3v) is 3.36. The average Bonchev–Trinajstić information content (AvgIpc) is 2.30. The number of hydrogen-bond acceptors (Lipinski definition) is 2. The maximum absolute atomic E-state index is 6.11. The van der Waals surface area contributed by atoms with Crippen LogP contribution < -0.4 is 5.32 Å². The van der Waals surface area contributed by atoms with Gasteiger partial charge in [0.05, 0.1) is 12.7 Å². The molecule has 2 rings (SSSR count). The lowest BCUT2D eigenvalue weighted by Crippen LogP contribution is -2.45. The van der Waals surface area contributed by atoms with Crippen molar-refractivity contribution in [2.75, 3.05) is 13.2 Å². The van der Waals surface area contributed by atoms with Crippen LogP contribution in [0.25, 0.3) is 0 Å². The van der Waals surface area contributed by atoms with Crippen molar-refractivity contribution in [2.24, 2.45) is 0 Å². The number of morpholine rings is 1. The Morgan fingerprint density at radius 2 is 2.25 bits per heavy atom. The molecule has 0 bridgehead atoms. The first-order chi connectivity index (χ1) is 7.75. The van der Waals surface area contributed by atoms with Crippen LogP contribution in [0.15, 0.2) is 24.3 Å². The van der Waals surface area contributed by atoms with Crippen LogP contribution in [0, 0.1) is 0 Å². The molecule has 2 unspecified atom stereocenters. The largest absolute Gasteiger partial charge is 0.376 e. The molecule has 0 aromatic heterocycles. The molecule has 0 saturated carbocycles. The molecule has 88 valence electrons. The van der Waals surface area contributed by atoms with E-state index in [9.17, 15) is 0 Å². The van der Waals surface area contributed by atoms with E-state index in [1.165, 1.54) is 5.56 Å². The molecule has 1 aromatic carbocycles. The summed E-state index contributed by atoms with van der Waals surface area (Å²) in [4.78, 5) is 0. The van der Waals surface area contributed by atoms with Gasteiger partial charge in [-0.05, 0) is 31.4 Å². The van der Waals surface area contributed by atoms with E-state index in [1.807, 2.05) is 18.2 Å². The monoisotopic (exact) mass is 239 g/mol. The van der Waals surface area contributed by atoms with E-state index in [1.54, 1.807) is 0 Å². The van der Waals surface area contributed by atoms with Crippen LogP contribution in [0.1, 0.15) is 18.9 Å². The van der Waals surface area contributed by atoms with Gasteiger partial charge in [0.15, 0.2) is 0 Å².